The molecule has 0 aliphatic rings. The fourth-order valence-corrected chi connectivity index (χ4v) is 3.05. The molecule has 1 aromatic heterocycles. The van der Waals surface area contributed by atoms with E-state index in [2.05, 4.69) is 10.4 Å². The van der Waals surface area contributed by atoms with Crippen LogP contribution in [0, 0.1) is 0 Å². The number of benzene rings is 2. The summed E-state index contributed by atoms with van der Waals surface area (Å²) < 4.78 is 7.02. The number of para-hydroxylation sites is 1. The zero-order valence-electron chi connectivity index (χ0n) is 15.2. The quantitative estimate of drug-likeness (QED) is 0.668. The zero-order chi connectivity index (χ0) is 19.4. The topological polar surface area (TPSA) is 93.4 Å². The molecule has 0 bridgehead atoms. The predicted octanol–water partition coefficient (Wildman–Crippen LogP) is 2.18. The molecule has 0 radical (unpaired) electrons. The van der Waals surface area contributed by atoms with Gasteiger partial charge >= 0.3 is 5.97 Å². The van der Waals surface area contributed by atoms with Crippen LogP contribution >= 0.6 is 0 Å². The molecule has 2 aromatic carbocycles. The van der Waals surface area contributed by atoms with Crippen molar-refractivity contribution in [3.63, 3.8) is 0 Å². The lowest BCUT2D eigenvalue weighted by Crippen LogP contribution is -2.27. The van der Waals surface area contributed by atoms with Gasteiger partial charge in [0.05, 0.1) is 30.3 Å². The number of carboxylic acids is 1. The Kier molecular flexibility index (Phi) is 5.40. The van der Waals surface area contributed by atoms with Crippen molar-refractivity contribution in [3.8, 4) is 5.75 Å². The van der Waals surface area contributed by atoms with Gasteiger partial charge in [0.25, 0.3) is 0 Å². The van der Waals surface area contributed by atoms with Crippen molar-refractivity contribution in [3.05, 3.63) is 59.3 Å². The van der Waals surface area contributed by atoms with Crippen molar-refractivity contribution < 1.29 is 19.4 Å². The van der Waals surface area contributed by atoms with E-state index in [4.69, 9.17) is 9.84 Å². The number of amides is 1. The molecule has 0 saturated carbocycles. The van der Waals surface area contributed by atoms with Gasteiger partial charge in [0, 0.05) is 19.0 Å². The largest absolute Gasteiger partial charge is 0.496 e. The number of methoxy groups -OCH3 is 1. The molecule has 140 valence electrons. The fraction of sp³-hybridized carbons (Fsp3) is 0.250. The first-order valence-corrected chi connectivity index (χ1v) is 8.57. The third-order valence-electron chi connectivity index (χ3n) is 4.41. The maximum Gasteiger partial charge on any atom is 0.335 e. The number of ether oxygens (including phenoxy) is 1. The molecule has 0 fully saturated rings. The third kappa shape index (κ3) is 4.08. The Morgan fingerprint density at radius 3 is 2.74 bits per heavy atom. The number of fused-ring (bicyclic) bond motifs is 1. The van der Waals surface area contributed by atoms with Crippen molar-refractivity contribution in [2.24, 2.45) is 7.05 Å². The van der Waals surface area contributed by atoms with Crippen LogP contribution in [0.3, 0.4) is 0 Å². The zero-order valence-corrected chi connectivity index (χ0v) is 15.2. The highest BCUT2D eigenvalue weighted by Gasteiger charge is 2.13. The summed E-state index contributed by atoms with van der Waals surface area (Å²) in [6.45, 7) is 0.423. The first kappa shape index (κ1) is 18.4. The molecule has 2 N–H and O–H groups in total. The van der Waals surface area contributed by atoms with E-state index in [1.54, 1.807) is 10.7 Å². The molecule has 0 aliphatic carbocycles. The molecule has 3 aromatic rings. The number of aromatic carboxylic acids is 1. The molecule has 0 aliphatic heterocycles. The van der Waals surface area contributed by atoms with Gasteiger partial charge in [-0.2, -0.15) is 5.10 Å². The molecule has 0 spiro atoms. The Morgan fingerprint density at radius 2 is 2.00 bits per heavy atom. The minimum atomic E-state index is -1.00. The number of rotatable bonds is 7. The van der Waals surface area contributed by atoms with Crippen LogP contribution in [0.25, 0.3) is 10.9 Å². The average Bonchev–Trinajstić information content (AvgIpc) is 2.97. The number of nitrogens with one attached hydrogen (secondary N) is 1. The summed E-state index contributed by atoms with van der Waals surface area (Å²) >= 11 is 0. The van der Waals surface area contributed by atoms with Crippen LogP contribution in [0.2, 0.25) is 0 Å². The summed E-state index contributed by atoms with van der Waals surface area (Å²) in [4.78, 5) is 23.3. The Bertz CT molecular complexity index is 994. The van der Waals surface area contributed by atoms with Gasteiger partial charge in [0.1, 0.15) is 5.75 Å². The number of aryl methyl sites for hydroxylation is 1. The number of hydrogen-bond acceptors (Lipinski definition) is 4. The summed E-state index contributed by atoms with van der Waals surface area (Å²) in [6, 6.07) is 12.5. The van der Waals surface area contributed by atoms with E-state index in [-0.39, 0.29) is 17.9 Å². The molecule has 0 saturated heterocycles. The second kappa shape index (κ2) is 7.90. The highest BCUT2D eigenvalue weighted by molar-refractivity contribution is 5.88. The van der Waals surface area contributed by atoms with Crippen LogP contribution in [-0.2, 0) is 24.7 Å². The standard InChI is InChI=1S/C20H21N3O4/c1-23-17-6-4-3-5-15(17)16(22-23)12-19(24)21-10-9-13-7-8-14(20(25)26)11-18(13)27-2/h3-8,11H,9-10,12H2,1-2H3,(H,21,24)(H,25,26). The van der Waals surface area contributed by atoms with E-state index in [0.29, 0.717) is 18.7 Å². The van der Waals surface area contributed by atoms with Crippen molar-refractivity contribution in [1.82, 2.24) is 15.1 Å². The first-order chi connectivity index (χ1) is 13.0. The van der Waals surface area contributed by atoms with Crippen LogP contribution in [0.1, 0.15) is 21.6 Å². The van der Waals surface area contributed by atoms with Crippen LogP contribution in [0.5, 0.6) is 5.75 Å². The highest BCUT2D eigenvalue weighted by Crippen LogP contribution is 2.21. The van der Waals surface area contributed by atoms with Gasteiger partial charge in [-0.15, -0.1) is 0 Å². The monoisotopic (exact) mass is 367 g/mol. The average molecular weight is 367 g/mol. The fourth-order valence-electron chi connectivity index (χ4n) is 3.05. The van der Waals surface area contributed by atoms with Gasteiger partial charge < -0.3 is 15.2 Å². The van der Waals surface area contributed by atoms with E-state index in [1.165, 1.54) is 19.2 Å². The minimum absolute atomic E-state index is 0.111. The summed E-state index contributed by atoms with van der Waals surface area (Å²) in [5, 5.41) is 17.3. The van der Waals surface area contributed by atoms with Gasteiger partial charge in [-0.05, 0) is 30.2 Å². The number of carbonyl (C=O) groups is 2. The van der Waals surface area contributed by atoms with Crippen LogP contribution in [-0.4, -0.2) is 40.4 Å². The van der Waals surface area contributed by atoms with E-state index < -0.39 is 5.97 Å². The van der Waals surface area contributed by atoms with Gasteiger partial charge in [0.2, 0.25) is 5.91 Å². The Labute approximate surface area is 156 Å². The molecule has 3 rings (SSSR count). The predicted molar refractivity (Wildman–Crippen MR) is 101 cm³/mol. The second-order valence-corrected chi connectivity index (χ2v) is 6.20. The van der Waals surface area contributed by atoms with Crippen molar-refractivity contribution in [1.29, 1.82) is 0 Å². The molecule has 7 nitrogen and oxygen atoms in total. The number of nitrogens with zero attached hydrogens (tertiary/aromatic N) is 2. The number of aromatic nitrogens is 2. The molecular weight excluding hydrogens is 346 g/mol. The van der Waals surface area contributed by atoms with E-state index >= 15 is 0 Å². The van der Waals surface area contributed by atoms with Gasteiger partial charge in [0.15, 0.2) is 0 Å². The number of carbonyl (C=O) groups excluding carboxylic acids is 1. The molecule has 0 atom stereocenters. The summed E-state index contributed by atoms with van der Waals surface area (Å²) in [7, 11) is 3.35. The second-order valence-electron chi connectivity index (χ2n) is 6.20. The molecule has 7 heteroatoms. The van der Waals surface area contributed by atoms with Gasteiger partial charge in [-0.3, -0.25) is 9.48 Å². The lowest BCUT2D eigenvalue weighted by molar-refractivity contribution is -0.120. The maximum absolute atomic E-state index is 12.3. The van der Waals surface area contributed by atoms with Crippen molar-refractivity contribution >= 4 is 22.8 Å². The Balaban J connectivity index is 1.60. The smallest absolute Gasteiger partial charge is 0.335 e. The molecule has 27 heavy (non-hydrogen) atoms. The lowest BCUT2D eigenvalue weighted by atomic mass is 10.1. The normalized spacial score (nSPS) is 10.7. The Morgan fingerprint density at radius 1 is 1.22 bits per heavy atom. The van der Waals surface area contributed by atoms with E-state index in [9.17, 15) is 9.59 Å². The summed E-state index contributed by atoms with van der Waals surface area (Å²) in [5.41, 5.74) is 2.74. The van der Waals surface area contributed by atoms with Crippen LogP contribution in [0.15, 0.2) is 42.5 Å². The first-order valence-electron chi connectivity index (χ1n) is 8.57. The summed E-state index contributed by atoms with van der Waals surface area (Å²) in [5.74, 6) is -0.615. The van der Waals surface area contributed by atoms with Gasteiger partial charge in [-0.25, -0.2) is 4.79 Å². The van der Waals surface area contributed by atoms with E-state index in [0.717, 1.165) is 22.2 Å². The number of carboxylic acid groups (broad SMARTS) is 1. The van der Waals surface area contributed by atoms with Crippen molar-refractivity contribution in [2.75, 3.05) is 13.7 Å². The third-order valence-corrected chi connectivity index (χ3v) is 4.41. The van der Waals surface area contributed by atoms with Crippen LogP contribution < -0.4 is 10.1 Å². The van der Waals surface area contributed by atoms with Crippen LogP contribution in [0.4, 0.5) is 0 Å². The maximum atomic E-state index is 12.3. The molecule has 1 heterocycles. The van der Waals surface area contributed by atoms with Crippen molar-refractivity contribution in [2.45, 2.75) is 12.8 Å². The lowest BCUT2D eigenvalue weighted by Gasteiger charge is -2.10. The summed E-state index contributed by atoms with van der Waals surface area (Å²) in [6.07, 6.45) is 0.744. The Hall–Kier alpha value is -3.35. The minimum Gasteiger partial charge on any atom is -0.496 e. The molecular formula is C20H21N3O4. The SMILES string of the molecule is COc1cc(C(=O)O)ccc1CCNC(=O)Cc1nn(C)c2ccccc12. The number of hydrogen-bond donors (Lipinski definition) is 2. The highest BCUT2D eigenvalue weighted by atomic mass is 16.5. The van der Waals surface area contributed by atoms with Gasteiger partial charge in [-0.1, -0.05) is 24.3 Å². The van der Waals surface area contributed by atoms with E-state index in [1.807, 2.05) is 31.3 Å². The molecule has 1 amide bonds. The molecule has 0 unspecified atom stereocenters.